The molecule has 0 saturated carbocycles. The molecule has 2 unspecified atom stereocenters. The monoisotopic (exact) mass is 510 g/mol. The lowest BCUT2D eigenvalue weighted by Gasteiger charge is -2.29. The van der Waals surface area contributed by atoms with Crippen LogP contribution in [-0.2, 0) is 19.3 Å². The molecule has 0 bridgehead atoms. The predicted octanol–water partition coefficient (Wildman–Crippen LogP) is 7.25. The molecule has 1 saturated heterocycles. The molecule has 2 nitrogen and oxygen atoms in total. The molecule has 3 aromatic carbocycles. The van der Waals surface area contributed by atoms with Crippen LogP contribution in [0.25, 0.3) is 0 Å². The van der Waals surface area contributed by atoms with E-state index in [1.165, 1.54) is 11.6 Å². The molecule has 8 heteroatoms. The standard InChI is InChI=1S/C26H24Cl2F4N2/c1-33(13-18-7-9-21(24(29)11-18)26(30,31)32)25-16-34(14-17-5-3-2-4-6-17)15-20(25)19-8-10-22(27)23(28)12-19/h2-12,20,25H,13-16H2,1H3. The molecular formula is C26H24Cl2F4N2. The van der Waals surface area contributed by atoms with Gasteiger partial charge in [0, 0.05) is 38.1 Å². The second-order valence-corrected chi connectivity index (χ2v) is 9.57. The van der Waals surface area contributed by atoms with Gasteiger partial charge in [0.2, 0.25) is 0 Å². The molecule has 0 radical (unpaired) electrons. The maximum atomic E-state index is 14.1. The smallest absolute Gasteiger partial charge is 0.297 e. The number of alkyl halides is 3. The number of hydrogen-bond acceptors (Lipinski definition) is 2. The normalized spacial score (nSPS) is 19.2. The summed E-state index contributed by atoms with van der Waals surface area (Å²) in [5.41, 5.74) is 1.48. The fraction of sp³-hybridized carbons (Fsp3) is 0.308. The number of likely N-dealkylation sites (tertiary alicyclic amines) is 1. The molecule has 3 aromatic rings. The summed E-state index contributed by atoms with van der Waals surface area (Å²) in [6, 6.07) is 18.9. The van der Waals surface area contributed by atoms with Gasteiger partial charge in [-0.25, -0.2) is 4.39 Å². The van der Waals surface area contributed by atoms with E-state index in [9.17, 15) is 17.6 Å². The second-order valence-electron chi connectivity index (χ2n) is 8.75. The van der Waals surface area contributed by atoms with Crippen molar-refractivity contribution in [1.29, 1.82) is 0 Å². The second kappa shape index (κ2) is 10.2. The van der Waals surface area contributed by atoms with Gasteiger partial charge in [-0.05, 0) is 48.0 Å². The SMILES string of the molecule is CN(Cc1ccc(C(F)(F)F)c(F)c1)C1CN(Cc2ccccc2)CC1c1ccc(Cl)c(Cl)c1. The average molecular weight is 511 g/mol. The highest BCUT2D eigenvalue weighted by Crippen LogP contribution is 2.36. The Labute approximate surface area is 206 Å². The van der Waals surface area contributed by atoms with Crippen LogP contribution < -0.4 is 0 Å². The average Bonchev–Trinajstić information content (AvgIpc) is 3.19. The summed E-state index contributed by atoms with van der Waals surface area (Å²) >= 11 is 12.4. The van der Waals surface area contributed by atoms with Gasteiger partial charge in [0.15, 0.2) is 0 Å². The number of hydrogen-bond donors (Lipinski definition) is 0. The van der Waals surface area contributed by atoms with E-state index >= 15 is 0 Å². The molecule has 4 rings (SSSR count). The van der Waals surface area contributed by atoms with E-state index in [-0.39, 0.29) is 12.0 Å². The fourth-order valence-corrected chi connectivity index (χ4v) is 4.95. The summed E-state index contributed by atoms with van der Waals surface area (Å²) in [5, 5.41) is 0.960. The van der Waals surface area contributed by atoms with Crippen LogP contribution in [0.3, 0.4) is 0 Å². The van der Waals surface area contributed by atoms with Gasteiger partial charge >= 0.3 is 6.18 Å². The van der Waals surface area contributed by atoms with Gasteiger partial charge in [0.25, 0.3) is 0 Å². The van der Waals surface area contributed by atoms with Crippen molar-refractivity contribution in [2.24, 2.45) is 0 Å². The zero-order chi connectivity index (χ0) is 24.5. The van der Waals surface area contributed by atoms with Crippen molar-refractivity contribution in [2.75, 3.05) is 20.1 Å². The minimum absolute atomic E-state index is 0.0475. The third kappa shape index (κ3) is 5.74. The van der Waals surface area contributed by atoms with Gasteiger partial charge in [0.1, 0.15) is 5.82 Å². The Kier molecular flexibility index (Phi) is 7.53. The molecule has 34 heavy (non-hydrogen) atoms. The number of likely N-dealkylation sites (N-methyl/N-ethyl adjacent to an activating group) is 1. The van der Waals surface area contributed by atoms with Gasteiger partial charge in [0.05, 0.1) is 15.6 Å². The van der Waals surface area contributed by atoms with E-state index in [0.717, 1.165) is 37.3 Å². The van der Waals surface area contributed by atoms with Crippen molar-refractivity contribution in [2.45, 2.75) is 31.2 Å². The highest BCUT2D eigenvalue weighted by Gasteiger charge is 2.37. The van der Waals surface area contributed by atoms with Crippen molar-refractivity contribution in [3.8, 4) is 0 Å². The third-order valence-corrected chi connectivity index (χ3v) is 7.06. The van der Waals surface area contributed by atoms with E-state index in [1.807, 2.05) is 37.4 Å². The Morgan fingerprint density at radius 1 is 0.912 bits per heavy atom. The van der Waals surface area contributed by atoms with E-state index in [1.54, 1.807) is 6.07 Å². The number of nitrogens with zero attached hydrogens (tertiary/aromatic N) is 2. The van der Waals surface area contributed by atoms with Gasteiger partial charge < -0.3 is 0 Å². The van der Waals surface area contributed by atoms with E-state index < -0.39 is 17.6 Å². The quantitative estimate of drug-likeness (QED) is 0.322. The molecule has 1 aliphatic heterocycles. The van der Waals surface area contributed by atoms with Crippen LogP contribution >= 0.6 is 23.2 Å². The zero-order valence-electron chi connectivity index (χ0n) is 18.5. The van der Waals surface area contributed by atoms with Gasteiger partial charge in [-0.15, -0.1) is 0 Å². The Morgan fingerprint density at radius 3 is 2.29 bits per heavy atom. The number of halogens is 6. The molecule has 0 aliphatic carbocycles. The Morgan fingerprint density at radius 2 is 1.65 bits per heavy atom. The molecule has 2 atom stereocenters. The first kappa shape index (κ1) is 25.0. The summed E-state index contributed by atoms with van der Waals surface area (Å²) in [6.07, 6.45) is -4.71. The minimum Gasteiger partial charge on any atom is -0.297 e. The highest BCUT2D eigenvalue weighted by atomic mass is 35.5. The molecule has 0 spiro atoms. The maximum absolute atomic E-state index is 14.1. The van der Waals surface area contributed by atoms with Crippen LogP contribution in [-0.4, -0.2) is 36.0 Å². The maximum Gasteiger partial charge on any atom is 0.419 e. The Bertz CT molecular complexity index is 1140. The van der Waals surface area contributed by atoms with Crippen LogP contribution in [0.5, 0.6) is 0 Å². The van der Waals surface area contributed by atoms with E-state index in [4.69, 9.17) is 23.2 Å². The van der Waals surface area contributed by atoms with Crippen LogP contribution in [0.4, 0.5) is 17.6 Å². The van der Waals surface area contributed by atoms with E-state index in [2.05, 4.69) is 21.9 Å². The molecular weight excluding hydrogens is 487 g/mol. The lowest BCUT2D eigenvalue weighted by atomic mass is 9.93. The van der Waals surface area contributed by atoms with Crippen molar-refractivity contribution < 1.29 is 17.6 Å². The number of rotatable bonds is 6. The summed E-state index contributed by atoms with van der Waals surface area (Å²) in [4.78, 5) is 4.41. The minimum atomic E-state index is -4.71. The fourth-order valence-electron chi connectivity index (χ4n) is 4.65. The van der Waals surface area contributed by atoms with Crippen LogP contribution in [0, 0.1) is 5.82 Å². The molecule has 0 aromatic heterocycles. The zero-order valence-corrected chi connectivity index (χ0v) is 20.0. The summed E-state index contributed by atoms with van der Waals surface area (Å²) in [6.45, 7) is 2.62. The van der Waals surface area contributed by atoms with Crippen molar-refractivity contribution in [3.05, 3.63) is 105 Å². The predicted molar refractivity (Wildman–Crippen MR) is 128 cm³/mol. The van der Waals surface area contributed by atoms with E-state index in [0.29, 0.717) is 22.2 Å². The van der Waals surface area contributed by atoms with Gasteiger partial charge in [-0.2, -0.15) is 13.2 Å². The molecule has 1 fully saturated rings. The van der Waals surface area contributed by atoms with Crippen molar-refractivity contribution >= 4 is 23.2 Å². The van der Waals surface area contributed by atoms with Crippen LogP contribution in [0.1, 0.15) is 28.2 Å². The third-order valence-electron chi connectivity index (χ3n) is 6.32. The first-order chi connectivity index (χ1) is 16.1. The summed E-state index contributed by atoms with van der Waals surface area (Å²) in [7, 11) is 1.91. The van der Waals surface area contributed by atoms with Gasteiger partial charge in [-0.1, -0.05) is 65.7 Å². The molecule has 0 amide bonds. The topological polar surface area (TPSA) is 6.48 Å². The largest absolute Gasteiger partial charge is 0.419 e. The highest BCUT2D eigenvalue weighted by molar-refractivity contribution is 6.42. The lowest BCUT2D eigenvalue weighted by molar-refractivity contribution is -0.140. The molecule has 1 heterocycles. The summed E-state index contributed by atoms with van der Waals surface area (Å²) < 4.78 is 52.9. The van der Waals surface area contributed by atoms with Crippen molar-refractivity contribution in [1.82, 2.24) is 9.80 Å². The molecule has 180 valence electrons. The number of benzene rings is 3. The van der Waals surface area contributed by atoms with Gasteiger partial charge in [-0.3, -0.25) is 9.80 Å². The molecule has 0 N–H and O–H groups in total. The first-order valence-electron chi connectivity index (χ1n) is 10.9. The Balaban J connectivity index is 1.57. The first-order valence-corrected chi connectivity index (χ1v) is 11.6. The lowest BCUT2D eigenvalue weighted by Crippen LogP contribution is -2.37. The Hall–Kier alpha value is -2.12. The summed E-state index contributed by atoms with van der Waals surface area (Å²) in [5.74, 6) is -1.15. The van der Waals surface area contributed by atoms with Crippen LogP contribution in [0.15, 0.2) is 66.7 Å². The molecule has 1 aliphatic rings. The van der Waals surface area contributed by atoms with Crippen LogP contribution in [0.2, 0.25) is 10.0 Å². The van der Waals surface area contributed by atoms with Crippen molar-refractivity contribution in [3.63, 3.8) is 0 Å².